The summed E-state index contributed by atoms with van der Waals surface area (Å²) in [5.41, 5.74) is 1.11. The predicted octanol–water partition coefficient (Wildman–Crippen LogP) is 2.17. The molecule has 0 aliphatic heterocycles. The van der Waals surface area contributed by atoms with Crippen molar-refractivity contribution in [3.63, 3.8) is 0 Å². The van der Waals surface area contributed by atoms with Crippen molar-refractivity contribution in [1.82, 2.24) is 0 Å². The Morgan fingerprint density at radius 3 is 2.71 bits per heavy atom. The number of benzene rings is 1. The number of ether oxygens (including phenoxy) is 1. The zero-order valence-electron chi connectivity index (χ0n) is 9.47. The maximum absolute atomic E-state index is 11.6. The maximum atomic E-state index is 11.6. The van der Waals surface area contributed by atoms with Gasteiger partial charge in [-0.15, -0.1) is 12.6 Å². The van der Waals surface area contributed by atoms with Gasteiger partial charge in [0.2, 0.25) is 0 Å². The molecular formula is C12H14O4S. The number of esters is 1. The summed E-state index contributed by atoms with van der Waals surface area (Å²) in [5.74, 6) is -1.31. The summed E-state index contributed by atoms with van der Waals surface area (Å²) in [6.07, 6.45) is 0.362. The molecule has 0 saturated carbocycles. The average Bonchev–Trinajstić information content (AvgIpc) is 2.27. The first-order valence-electron chi connectivity index (χ1n) is 5.26. The van der Waals surface area contributed by atoms with Crippen molar-refractivity contribution in [1.29, 1.82) is 0 Å². The van der Waals surface area contributed by atoms with Gasteiger partial charge in [-0.3, -0.25) is 4.79 Å². The molecule has 0 atom stereocenters. The molecule has 1 rings (SSSR count). The third-order valence-corrected chi connectivity index (χ3v) is 2.75. The SMILES string of the molecule is CCOC(=O)c1cccc(CCC(=O)O)c1S. The van der Waals surface area contributed by atoms with Gasteiger partial charge in [-0.25, -0.2) is 4.79 Å². The van der Waals surface area contributed by atoms with Gasteiger partial charge in [-0.2, -0.15) is 0 Å². The molecule has 0 unspecified atom stereocenters. The average molecular weight is 254 g/mol. The van der Waals surface area contributed by atoms with Crippen LogP contribution in [0.5, 0.6) is 0 Å². The van der Waals surface area contributed by atoms with Gasteiger partial charge in [0.05, 0.1) is 12.2 Å². The Balaban J connectivity index is 2.90. The van der Waals surface area contributed by atoms with Crippen LogP contribution in [0.1, 0.15) is 29.3 Å². The number of hydrogen-bond acceptors (Lipinski definition) is 4. The number of hydrogen-bond donors (Lipinski definition) is 2. The molecule has 0 aliphatic carbocycles. The van der Waals surface area contributed by atoms with E-state index in [-0.39, 0.29) is 6.42 Å². The van der Waals surface area contributed by atoms with E-state index in [1.54, 1.807) is 25.1 Å². The minimum Gasteiger partial charge on any atom is -0.481 e. The van der Waals surface area contributed by atoms with Gasteiger partial charge < -0.3 is 9.84 Å². The quantitative estimate of drug-likeness (QED) is 0.624. The second kappa shape index (κ2) is 6.30. The number of rotatable bonds is 5. The highest BCUT2D eigenvalue weighted by Gasteiger charge is 2.13. The molecular weight excluding hydrogens is 240 g/mol. The number of carbonyl (C=O) groups is 2. The van der Waals surface area contributed by atoms with Gasteiger partial charge in [0.1, 0.15) is 0 Å². The number of carbonyl (C=O) groups excluding carboxylic acids is 1. The van der Waals surface area contributed by atoms with E-state index < -0.39 is 11.9 Å². The fourth-order valence-corrected chi connectivity index (χ4v) is 1.76. The Labute approximate surface area is 105 Å². The monoisotopic (exact) mass is 254 g/mol. The van der Waals surface area contributed by atoms with Crippen LogP contribution in [0.15, 0.2) is 23.1 Å². The Morgan fingerprint density at radius 1 is 1.41 bits per heavy atom. The van der Waals surface area contributed by atoms with Crippen molar-refractivity contribution in [2.75, 3.05) is 6.61 Å². The Bertz CT molecular complexity index is 429. The lowest BCUT2D eigenvalue weighted by Gasteiger charge is -2.08. The molecule has 0 spiro atoms. The lowest BCUT2D eigenvalue weighted by molar-refractivity contribution is -0.136. The molecule has 5 heteroatoms. The van der Waals surface area contributed by atoms with E-state index >= 15 is 0 Å². The minimum absolute atomic E-state index is 0.0137. The highest BCUT2D eigenvalue weighted by atomic mass is 32.1. The molecule has 0 amide bonds. The first kappa shape index (κ1) is 13.6. The number of carboxylic acids is 1. The van der Waals surface area contributed by atoms with Crippen LogP contribution < -0.4 is 0 Å². The van der Waals surface area contributed by atoms with E-state index in [2.05, 4.69) is 12.6 Å². The molecule has 0 bridgehead atoms. The number of aryl methyl sites for hydroxylation is 1. The maximum Gasteiger partial charge on any atom is 0.339 e. The molecule has 1 aromatic carbocycles. The molecule has 0 saturated heterocycles. The summed E-state index contributed by atoms with van der Waals surface area (Å²) in [6, 6.07) is 5.07. The molecule has 17 heavy (non-hydrogen) atoms. The van der Waals surface area contributed by atoms with Gasteiger partial charge in [-0.05, 0) is 25.0 Å². The van der Waals surface area contributed by atoms with E-state index in [1.807, 2.05) is 0 Å². The van der Waals surface area contributed by atoms with E-state index in [0.717, 1.165) is 5.56 Å². The van der Waals surface area contributed by atoms with Gasteiger partial charge in [0, 0.05) is 11.3 Å². The van der Waals surface area contributed by atoms with E-state index in [4.69, 9.17) is 9.84 Å². The van der Waals surface area contributed by atoms with Crippen LogP contribution in [-0.4, -0.2) is 23.7 Å². The summed E-state index contributed by atoms with van der Waals surface area (Å²) >= 11 is 4.25. The lowest BCUT2D eigenvalue weighted by atomic mass is 10.1. The molecule has 1 N–H and O–H groups in total. The van der Waals surface area contributed by atoms with Crippen molar-refractivity contribution < 1.29 is 19.4 Å². The summed E-state index contributed by atoms with van der Waals surface area (Å²) in [6.45, 7) is 2.02. The van der Waals surface area contributed by atoms with Crippen molar-refractivity contribution in [3.05, 3.63) is 29.3 Å². The molecule has 0 aliphatic rings. The van der Waals surface area contributed by atoms with Gasteiger partial charge in [0.25, 0.3) is 0 Å². The number of carboxylic acid groups (broad SMARTS) is 1. The van der Waals surface area contributed by atoms with Crippen LogP contribution in [-0.2, 0) is 16.0 Å². The van der Waals surface area contributed by atoms with Crippen LogP contribution in [0.3, 0.4) is 0 Å². The summed E-state index contributed by atoms with van der Waals surface area (Å²) < 4.78 is 4.89. The molecule has 0 aromatic heterocycles. The molecule has 4 nitrogen and oxygen atoms in total. The summed E-state index contributed by atoms with van der Waals surface area (Å²) in [7, 11) is 0. The zero-order chi connectivity index (χ0) is 12.8. The Hall–Kier alpha value is -1.49. The largest absolute Gasteiger partial charge is 0.481 e. The molecule has 1 aromatic rings. The first-order valence-corrected chi connectivity index (χ1v) is 5.70. The van der Waals surface area contributed by atoms with E-state index in [1.165, 1.54) is 0 Å². The topological polar surface area (TPSA) is 63.6 Å². The first-order chi connectivity index (χ1) is 8.06. The van der Waals surface area contributed by atoms with Gasteiger partial charge in [0.15, 0.2) is 0 Å². The summed E-state index contributed by atoms with van der Waals surface area (Å²) in [5, 5.41) is 8.61. The second-order valence-corrected chi connectivity index (χ2v) is 3.87. The third-order valence-electron chi connectivity index (χ3n) is 2.22. The Kier molecular flexibility index (Phi) is 5.03. The van der Waals surface area contributed by atoms with Gasteiger partial charge >= 0.3 is 11.9 Å². The van der Waals surface area contributed by atoms with Crippen molar-refractivity contribution in [2.45, 2.75) is 24.7 Å². The number of thiol groups is 1. The predicted molar refractivity (Wildman–Crippen MR) is 65.6 cm³/mol. The summed E-state index contributed by atoms with van der Waals surface area (Å²) in [4.78, 5) is 22.5. The molecule has 92 valence electrons. The number of aliphatic carboxylic acids is 1. The smallest absolute Gasteiger partial charge is 0.339 e. The van der Waals surface area contributed by atoms with Crippen LogP contribution in [0, 0.1) is 0 Å². The molecule has 0 radical (unpaired) electrons. The fourth-order valence-electron chi connectivity index (χ4n) is 1.41. The van der Waals surface area contributed by atoms with Crippen molar-refractivity contribution in [2.24, 2.45) is 0 Å². The zero-order valence-corrected chi connectivity index (χ0v) is 10.4. The highest BCUT2D eigenvalue weighted by Crippen LogP contribution is 2.21. The lowest BCUT2D eigenvalue weighted by Crippen LogP contribution is -2.07. The van der Waals surface area contributed by atoms with E-state index in [9.17, 15) is 9.59 Å². The van der Waals surface area contributed by atoms with E-state index in [0.29, 0.717) is 23.5 Å². The minimum atomic E-state index is -0.876. The molecule has 0 fully saturated rings. The van der Waals surface area contributed by atoms with Crippen LogP contribution in [0.4, 0.5) is 0 Å². The van der Waals surface area contributed by atoms with Crippen molar-refractivity contribution in [3.8, 4) is 0 Å². The second-order valence-electron chi connectivity index (χ2n) is 3.43. The Morgan fingerprint density at radius 2 is 2.12 bits per heavy atom. The van der Waals surface area contributed by atoms with Crippen molar-refractivity contribution >= 4 is 24.6 Å². The van der Waals surface area contributed by atoms with Gasteiger partial charge in [-0.1, -0.05) is 12.1 Å². The van der Waals surface area contributed by atoms with Crippen LogP contribution in [0.25, 0.3) is 0 Å². The van der Waals surface area contributed by atoms with Crippen LogP contribution >= 0.6 is 12.6 Å². The molecule has 0 heterocycles. The fraction of sp³-hybridized carbons (Fsp3) is 0.333. The third kappa shape index (κ3) is 3.78. The van der Waals surface area contributed by atoms with Crippen LogP contribution in [0.2, 0.25) is 0 Å². The highest BCUT2D eigenvalue weighted by molar-refractivity contribution is 7.80. The standard InChI is InChI=1S/C12H14O4S/c1-2-16-12(15)9-5-3-4-8(11(9)17)6-7-10(13)14/h3-5,17H,2,6-7H2,1H3,(H,13,14). The normalized spacial score (nSPS) is 10.0.